The maximum Gasteiger partial charge on any atom is 0.0558 e. The maximum absolute atomic E-state index is 9.07. The Balaban J connectivity index is 2.06. The van der Waals surface area contributed by atoms with Gasteiger partial charge in [-0.25, -0.2) is 0 Å². The van der Waals surface area contributed by atoms with Crippen molar-refractivity contribution in [3.05, 3.63) is 35.9 Å². The molecule has 2 N–H and O–H groups in total. The van der Waals surface area contributed by atoms with E-state index in [1.54, 1.807) is 0 Å². The van der Waals surface area contributed by atoms with E-state index in [1.165, 1.54) is 18.4 Å². The summed E-state index contributed by atoms with van der Waals surface area (Å²) in [6, 6.07) is 11.4. The second-order valence-corrected chi connectivity index (χ2v) is 6.04. The van der Waals surface area contributed by atoms with Crippen molar-refractivity contribution in [2.45, 2.75) is 31.2 Å². The molecule has 0 aliphatic heterocycles. The van der Waals surface area contributed by atoms with Crippen LogP contribution in [0.15, 0.2) is 30.3 Å². The third-order valence-electron chi connectivity index (χ3n) is 3.93. The lowest BCUT2D eigenvalue weighted by atomic mass is 9.81. The van der Waals surface area contributed by atoms with Crippen molar-refractivity contribution in [3.8, 4) is 0 Å². The number of benzene rings is 1. The van der Waals surface area contributed by atoms with Crippen LogP contribution in [0.4, 0.5) is 0 Å². The minimum atomic E-state index is 0.0910. The summed E-state index contributed by atoms with van der Waals surface area (Å²) >= 11 is 0. The Morgan fingerprint density at radius 2 is 2.00 bits per heavy atom. The lowest BCUT2D eigenvalue weighted by Gasteiger charge is -2.34. The normalized spacial score (nSPS) is 18.5. The van der Waals surface area contributed by atoms with Gasteiger partial charge in [0.1, 0.15) is 0 Å². The van der Waals surface area contributed by atoms with E-state index in [1.807, 2.05) is 0 Å². The molecule has 0 amide bonds. The Hall–Kier alpha value is -0.900. The van der Waals surface area contributed by atoms with Gasteiger partial charge in [0.05, 0.1) is 6.61 Å². The van der Waals surface area contributed by atoms with Crippen LogP contribution in [-0.2, 0) is 5.41 Å². The van der Waals surface area contributed by atoms with Crippen molar-refractivity contribution in [2.75, 3.05) is 33.3 Å². The first-order valence-corrected chi connectivity index (χ1v) is 7.22. The van der Waals surface area contributed by atoms with Gasteiger partial charge in [-0.3, -0.25) is 0 Å². The van der Waals surface area contributed by atoms with Crippen LogP contribution in [0.3, 0.4) is 0 Å². The minimum Gasteiger partial charge on any atom is -0.395 e. The lowest BCUT2D eigenvalue weighted by Crippen LogP contribution is -2.45. The number of nitrogens with zero attached hydrogens (tertiary/aromatic N) is 1. The summed E-state index contributed by atoms with van der Waals surface area (Å²) < 4.78 is 0. The maximum atomic E-state index is 9.07. The van der Waals surface area contributed by atoms with Gasteiger partial charge in [0.2, 0.25) is 0 Å². The summed E-state index contributed by atoms with van der Waals surface area (Å²) in [5.74, 6) is 0. The highest BCUT2D eigenvalue weighted by Crippen LogP contribution is 2.26. The molecule has 1 saturated carbocycles. The van der Waals surface area contributed by atoms with Gasteiger partial charge in [-0.1, -0.05) is 37.3 Å². The fourth-order valence-electron chi connectivity index (χ4n) is 2.59. The molecular formula is C16H26N2O. The second-order valence-electron chi connectivity index (χ2n) is 6.04. The average molecular weight is 262 g/mol. The molecule has 1 unspecified atom stereocenters. The zero-order valence-electron chi connectivity index (χ0n) is 12.1. The molecule has 19 heavy (non-hydrogen) atoms. The third kappa shape index (κ3) is 4.30. The number of likely N-dealkylation sites (N-methyl/N-ethyl adjacent to an activating group) is 1. The molecule has 0 bridgehead atoms. The van der Waals surface area contributed by atoms with Gasteiger partial charge >= 0.3 is 0 Å². The van der Waals surface area contributed by atoms with Gasteiger partial charge in [0.25, 0.3) is 0 Å². The summed E-state index contributed by atoms with van der Waals surface area (Å²) in [4.78, 5) is 2.21. The van der Waals surface area contributed by atoms with Crippen LogP contribution in [0.25, 0.3) is 0 Å². The number of hydrogen-bond donors (Lipinski definition) is 2. The lowest BCUT2D eigenvalue weighted by molar-refractivity contribution is 0.191. The van der Waals surface area contributed by atoms with E-state index in [2.05, 4.69) is 54.5 Å². The monoisotopic (exact) mass is 262 g/mol. The highest BCUT2D eigenvalue weighted by molar-refractivity contribution is 5.25. The zero-order chi connectivity index (χ0) is 13.7. The molecule has 1 atom stereocenters. The van der Waals surface area contributed by atoms with E-state index in [0.29, 0.717) is 0 Å². The first-order chi connectivity index (χ1) is 9.14. The van der Waals surface area contributed by atoms with E-state index in [4.69, 9.17) is 5.11 Å². The summed E-state index contributed by atoms with van der Waals surface area (Å²) in [5.41, 5.74) is 1.46. The first-order valence-electron chi connectivity index (χ1n) is 7.22. The number of aliphatic hydroxyl groups is 1. The topological polar surface area (TPSA) is 35.5 Å². The third-order valence-corrected chi connectivity index (χ3v) is 3.93. The second kappa shape index (κ2) is 6.51. The molecule has 3 heteroatoms. The number of nitrogens with one attached hydrogen (secondary N) is 1. The molecule has 1 aromatic carbocycles. The quantitative estimate of drug-likeness (QED) is 0.747. The molecular weight excluding hydrogens is 236 g/mol. The van der Waals surface area contributed by atoms with E-state index in [9.17, 15) is 0 Å². The standard InChI is InChI=1S/C16H26N2O/c1-16(12-17-15-8-9-15,13-18(2)10-11-19)14-6-4-3-5-7-14/h3-7,15,17,19H,8-13H2,1-2H3. The molecule has 0 aromatic heterocycles. The fraction of sp³-hybridized carbons (Fsp3) is 0.625. The number of rotatable bonds is 8. The Morgan fingerprint density at radius 3 is 2.58 bits per heavy atom. The Morgan fingerprint density at radius 1 is 1.32 bits per heavy atom. The molecule has 0 radical (unpaired) electrons. The van der Waals surface area contributed by atoms with Crippen molar-refractivity contribution in [3.63, 3.8) is 0 Å². The minimum absolute atomic E-state index is 0.0910. The van der Waals surface area contributed by atoms with Gasteiger partial charge in [-0.15, -0.1) is 0 Å². The highest BCUT2D eigenvalue weighted by atomic mass is 16.3. The van der Waals surface area contributed by atoms with Gasteiger partial charge in [-0.05, 0) is 25.5 Å². The summed E-state index contributed by atoms with van der Waals surface area (Å²) in [7, 11) is 2.08. The molecule has 1 aliphatic carbocycles. The van der Waals surface area contributed by atoms with Crippen LogP contribution in [0.1, 0.15) is 25.3 Å². The van der Waals surface area contributed by atoms with Crippen molar-refractivity contribution in [1.29, 1.82) is 0 Å². The van der Waals surface area contributed by atoms with Crippen molar-refractivity contribution >= 4 is 0 Å². The van der Waals surface area contributed by atoms with Gasteiger partial charge in [0, 0.05) is 31.1 Å². The summed E-state index contributed by atoms with van der Waals surface area (Å²) in [6.45, 7) is 5.21. The van der Waals surface area contributed by atoms with Gasteiger partial charge in [0.15, 0.2) is 0 Å². The Bertz CT molecular complexity index is 378. The average Bonchev–Trinajstić information content (AvgIpc) is 3.22. The van der Waals surface area contributed by atoms with E-state index in [0.717, 1.165) is 25.7 Å². The Kier molecular flexibility index (Phi) is 4.97. The van der Waals surface area contributed by atoms with Crippen LogP contribution < -0.4 is 5.32 Å². The van der Waals surface area contributed by atoms with Crippen LogP contribution >= 0.6 is 0 Å². The molecule has 0 heterocycles. The molecule has 3 nitrogen and oxygen atoms in total. The number of aliphatic hydroxyl groups excluding tert-OH is 1. The molecule has 106 valence electrons. The van der Waals surface area contributed by atoms with Crippen molar-refractivity contribution in [1.82, 2.24) is 10.2 Å². The largest absolute Gasteiger partial charge is 0.395 e. The Labute approximate surface area is 116 Å². The van der Waals surface area contributed by atoms with Crippen molar-refractivity contribution in [2.24, 2.45) is 0 Å². The van der Waals surface area contributed by atoms with Crippen LogP contribution in [0, 0.1) is 0 Å². The van der Waals surface area contributed by atoms with Crippen molar-refractivity contribution < 1.29 is 5.11 Å². The van der Waals surface area contributed by atoms with E-state index in [-0.39, 0.29) is 12.0 Å². The zero-order valence-corrected chi connectivity index (χ0v) is 12.1. The highest BCUT2D eigenvalue weighted by Gasteiger charge is 2.31. The van der Waals surface area contributed by atoms with E-state index < -0.39 is 0 Å². The van der Waals surface area contributed by atoms with Crippen LogP contribution in [0.5, 0.6) is 0 Å². The SMILES string of the molecule is CN(CCO)CC(C)(CNC1CC1)c1ccccc1. The molecule has 2 rings (SSSR count). The number of hydrogen-bond acceptors (Lipinski definition) is 3. The first kappa shape index (κ1) is 14.5. The smallest absolute Gasteiger partial charge is 0.0558 e. The molecule has 0 spiro atoms. The van der Waals surface area contributed by atoms with E-state index >= 15 is 0 Å². The predicted molar refractivity (Wildman–Crippen MR) is 79.4 cm³/mol. The molecule has 1 aromatic rings. The molecule has 1 fully saturated rings. The van der Waals surface area contributed by atoms with Crippen LogP contribution in [-0.4, -0.2) is 49.3 Å². The van der Waals surface area contributed by atoms with Gasteiger partial charge in [-0.2, -0.15) is 0 Å². The predicted octanol–water partition coefficient (Wildman–Crippen LogP) is 1.62. The van der Waals surface area contributed by atoms with Gasteiger partial charge < -0.3 is 15.3 Å². The summed E-state index contributed by atoms with van der Waals surface area (Å²) in [6.07, 6.45) is 2.63. The summed E-state index contributed by atoms with van der Waals surface area (Å²) in [5, 5.41) is 12.7. The molecule has 0 saturated heterocycles. The molecule has 1 aliphatic rings. The fourth-order valence-corrected chi connectivity index (χ4v) is 2.59. The van der Waals surface area contributed by atoms with Crippen LogP contribution in [0.2, 0.25) is 0 Å².